The minimum absolute atomic E-state index is 0.0802. The van der Waals surface area contributed by atoms with Gasteiger partial charge in [-0.3, -0.25) is 9.58 Å². The largest absolute Gasteiger partial charge is 0.378 e. The van der Waals surface area contributed by atoms with Gasteiger partial charge in [0.2, 0.25) is 0 Å². The lowest BCUT2D eigenvalue weighted by Crippen LogP contribution is -2.56. The lowest BCUT2D eigenvalue weighted by molar-refractivity contribution is -0.145. The van der Waals surface area contributed by atoms with Crippen molar-refractivity contribution in [3.8, 4) is 0 Å². The van der Waals surface area contributed by atoms with E-state index in [1.807, 2.05) is 25.0 Å². The fraction of sp³-hybridized carbons (Fsp3) is 0.800. The maximum absolute atomic E-state index is 6.10. The normalized spacial score (nSPS) is 31.2. The zero-order chi connectivity index (χ0) is 14.2. The molecule has 0 N–H and O–H groups in total. The number of hydrogen-bond donors (Lipinski definition) is 0. The Morgan fingerprint density at radius 3 is 3.00 bits per heavy atom. The molecule has 0 amide bonds. The standard InChI is InChI=1S/C15H25N3O2/c1-12-13(9-16-17(12)2)10-18-7-5-14(19-3)15(11-18)6-4-8-20-15/h9,14H,4-8,10-11H2,1-3H3/t14-,15-/m0/s1. The number of ether oxygens (including phenoxy) is 2. The molecule has 0 saturated carbocycles. The number of hydrogen-bond acceptors (Lipinski definition) is 4. The van der Waals surface area contributed by atoms with Gasteiger partial charge in [-0.05, 0) is 26.2 Å². The first-order valence-corrected chi connectivity index (χ1v) is 7.51. The quantitative estimate of drug-likeness (QED) is 0.840. The first-order chi connectivity index (χ1) is 9.64. The van der Waals surface area contributed by atoms with E-state index in [0.29, 0.717) is 0 Å². The van der Waals surface area contributed by atoms with Gasteiger partial charge in [-0.1, -0.05) is 0 Å². The molecular formula is C15H25N3O2. The van der Waals surface area contributed by atoms with Crippen LogP contribution in [0.15, 0.2) is 6.20 Å². The molecule has 0 radical (unpaired) electrons. The van der Waals surface area contributed by atoms with E-state index in [4.69, 9.17) is 9.47 Å². The first kappa shape index (κ1) is 14.0. The highest BCUT2D eigenvalue weighted by Crippen LogP contribution is 2.36. The van der Waals surface area contributed by atoms with Crippen LogP contribution in [0.3, 0.4) is 0 Å². The fourth-order valence-corrected chi connectivity index (χ4v) is 3.63. The topological polar surface area (TPSA) is 39.5 Å². The summed E-state index contributed by atoms with van der Waals surface area (Å²) >= 11 is 0. The van der Waals surface area contributed by atoms with E-state index >= 15 is 0 Å². The predicted octanol–water partition coefficient (Wildman–Crippen LogP) is 1.50. The Morgan fingerprint density at radius 2 is 2.40 bits per heavy atom. The van der Waals surface area contributed by atoms with Crippen LogP contribution >= 0.6 is 0 Å². The molecular weight excluding hydrogens is 254 g/mol. The molecule has 5 nitrogen and oxygen atoms in total. The highest BCUT2D eigenvalue weighted by molar-refractivity contribution is 5.16. The van der Waals surface area contributed by atoms with Gasteiger partial charge in [-0.25, -0.2) is 0 Å². The van der Waals surface area contributed by atoms with Crippen molar-refractivity contribution in [2.24, 2.45) is 7.05 Å². The Kier molecular flexibility index (Phi) is 3.84. The van der Waals surface area contributed by atoms with Crippen LogP contribution in [0.1, 0.15) is 30.5 Å². The molecule has 112 valence electrons. The third-order valence-corrected chi connectivity index (χ3v) is 4.93. The molecule has 0 bridgehead atoms. The SMILES string of the molecule is CO[C@H]1CCN(Cc2cnn(C)c2C)C[C@@]12CCCO2. The molecule has 1 aromatic rings. The third-order valence-electron chi connectivity index (χ3n) is 4.93. The van der Waals surface area contributed by atoms with Gasteiger partial charge in [-0.15, -0.1) is 0 Å². The van der Waals surface area contributed by atoms with Gasteiger partial charge in [0.15, 0.2) is 0 Å². The molecule has 2 saturated heterocycles. The highest BCUT2D eigenvalue weighted by Gasteiger charge is 2.47. The summed E-state index contributed by atoms with van der Waals surface area (Å²) in [7, 11) is 3.81. The second-order valence-corrected chi connectivity index (χ2v) is 6.12. The maximum Gasteiger partial charge on any atom is 0.107 e. The monoisotopic (exact) mass is 279 g/mol. The van der Waals surface area contributed by atoms with Gasteiger partial charge in [-0.2, -0.15) is 5.10 Å². The van der Waals surface area contributed by atoms with Crippen molar-refractivity contribution < 1.29 is 9.47 Å². The molecule has 0 aromatic carbocycles. The van der Waals surface area contributed by atoms with Crippen molar-refractivity contribution in [1.29, 1.82) is 0 Å². The zero-order valence-electron chi connectivity index (χ0n) is 12.8. The van der Waals surface area contributed by atoms with Crippen LogP contribution in [0.4, 0.5) is 0 Å². The molecule has 2 aliphatic heterocycles. The van der Waals surface area contributed by atoms with Crippen LogP contribution in [0.5, 0.6) is 0 Å². The van der Waals surface area contributed by atoms with Gasteiger partial charge in [0, 0.05) is 51.7 Å². The van der Waals surface area contributed by atoms with Crippen LogP contribution in [0.2, 0.25) is 0 Å². The lowest BCUT2D eigenvalue weighted by Gasteiger charge is -2.44. The summed E-state index contributed by atoms with van der Waals surface area (Å²) in [6, 6.07) is 0. The number of rotatable bonds is 3. The third kappa shape index (κ3) is 2.38. The van der Waals surface area contributed by atoms with E-state index in [2.05, 4.69) is 16.9 Å². The van der Waals surface area contributed by atoms with Crippen LogP contribution < -0.4 is 0 Å². The second-order valence-electron chi connectivity index (χ2n) is 6.12. The smallest absolute Gasteiger partial charge is 0.107 e. The van der Waals surface area contributed by atoms with Gasteiger partial charge >= 0.3 is 0 Å². The van der Waals surface area contributed by atoms with Crippen LogP contribution in [0.25, 0.3) is 0 Å². The Labute approximate surface area is 120 Å². The van der Waals surface area contributed by atoms with Crippen LogP contribution in [0, 0.1) is 6.92 Å². The Hall–Kier alpha value is -0.910. The van der Waals surface area contributed by atoms with Gasteiger partial charge < -0.3 is 9.47 Å². The van der Waals surface area contributed by atoms with E-state index in [-0.39, 0.29) is 11.7 Å². The van der Waals surface area contributed by atoms with Crippen molar-refractivity contribution in [3.63, 3.8) is 0 Å². The maximum atomic E-state index is 6.10. The summed E-state index contributed by atoms with van der Waals surface area (Å²) in [5.41, 5.74) is 2.49. The molecule has 5 heteroatoms. The summed E-state index contributed by atoms with van der Waals surface area (Å²) < 4.78 is 13.7. The average molecular weight is 279 g/mol. The fourth-order valence-electron chi connectivity index (χ4n) is 3.63. The Balaban J connectivity index is 1.71. The number of aromatic nitrogens is 2. The van der Waals surface area contributed by atoms with Crippen LogP contribution in [-0.4, -0.2) is 53.2 Å². The van der Waals surface area contributed by atoms with Gasteiger partial charge in [0.05, 0.1) is 12.3 Å². The molecule has 20 heavy (non-hydrogen) atoms. The summed E-state index contributed by atoms with van der Waals surface area (Å²) in [6.07, 6.45) is 5.56. The molecule has 2 aliphatic rings. The summed E-state index contributed by atoms with van der Waals surface area (Å²) in [5.74, 6) is 0. The highest BCUT2D eigenvalue weighted by atomic mass is 16.5. The van der Waals surface area contributed by atoms with E-state index < -0.39 is 0 Å². The second kappa shape index (κ2) is 5.47. The van der Waals surface area contributed by atoms with Gasteiger partial charge in [0.25, 0.3) is 0 Å². The number of nitrogens with zero attached hydrogens (tertiary/aromatic N) is 3. The number of likely N-dealkylation sites (tertiary alicyclic amines) is 1. The molecule has 3 heterocycles. The lowest BCUT2D eigenvalue weighted by atomic mass is 9.86. The summed E-state index contributed by atoms with van der Waals surface area (Å²) in [4.78, 5) is 2.49. The van der Waals surface area contributed by atoms with Crippen molar-refractivity contribution >= 4 is 0 Å². The molecule has 2 fully saturated rings. The van der Waals surface area contributed by atoms with E-state index in [9.17, 15) is 0 Å². The molecule has 1 aromatic heterocycles. The van der Waals surface area contributed by atoms with Crippen molar-refractivity contribution in [2.45, 2.75) is 44.4 Å². The summed E-state index contributed by atoms with van der Waals surface area (Å²) in [6.45, 7) is 6.00. The number of methoxy groups -OCH3 is 1. The Morgan fingerprint density at radius 1 is 1.55 bits per heavy atom. The van der Waals surface area contributed by atoms with Crippen molar-refractivity contribution in [1.82, 2.24) is 14.7 Å². The molecule has 3 rings (SSSR count). The van der Waals surface area contributed by atoms with E-state index in [0.717, 1.165) is 45.5 Å². The van der Waals surface area contributed by atoms with Crippen LogP contribution in [-0.2, 0) is 23.1 Å². The van der Waals surface area contributed by atoms with Crippen molar-refractivity contribution in [3.05, 3.63) is 17.5 Å². The summed E-state index contributed by atoms with van der Waals surface area (Å²) in [5, 5.41) is 4.34. The van der Waals surface area contributed by atoms with Crippen molar-refractivity contribution in [2.75, 3.05) is 26.8 Å². The minimum atomic E-state index is -0.0802. The molecule has 0 aliphatic carbocycles. The van der Waals surface area contributed by atoms with Gasteiger partial charge in [0.1, 0.15) is 5.60 Å². The molecule has 0 unspecified atom stereocenters. The predicted molar refractivity (Wildman–Crippen MR) is 76.6 cm³/mol. The van der Waals surface area contributed by atoms with E-state index in [1.165, 1.54) is 11.3 Å². The average Bonchev–Trinajstić information content (AvgIpc) is 3.02. The number of piperidine rings is 1. The molecule has 2 atom stereocenters. The van der Waals surface area contributed by atoms with E-state index in [1.54, 1.807) is 0 Å². The minimum Gasteiger partial charge on any atom is -0.378 e. The Bertz CT molecular complexity index is 466. The zero-order valence-corrected chi connectivity index (χ0v) is 12.8. The number of aryl methyl sites for hydroxylation is 1. The molecule has 1 spiro atoms. The first-order valence-electron chi connectivity index (χ1n) is 7.51.